The van der Waals surface area contributed by atoms with Crippen molar-refractivity contribution < 1.29 is 9.53 Å². The second kappa shape index (κ2) is 6.45. The van der Waals surface area contributed by atoms with Gasteiger partial charge in [-0.1, -0.05) is 19.9 Å². The van der Waals surface area contributed by atoms with Crippen LogP contribution in [0.15, 0.2) is 30.3 Å². The maximum atomic E-state index is 13.8. The van der Waals surface area contributed by atoms with Crippen molar-refractivity contribution in [3.63, 3.8) is 0 Å². The normalized spacial score (nSPS) is 19.8. The highest BCUT2D eigenvalue weighted by Crippen LogP contribution is 2.50. The van der Waals surface area contributed by atoms with E-state index >= 15 is 0 Å². The second-order valence-electron chi connectivity index (χ2n) is 9.53. The number of aromatic nitrogens is 1. The second-order valence-corrected chi connectivity index (χ2v) is 9.53. The summed E-state index contributed by atoms with van der Waals surface area (Å²) in [5, 5.41) is 10.2. The Hall–Kier alpha value is -3.10. The number of ether oxygens (including phenoxy) is 1. The highest BCUT2D eigenvalue weighted by Gasteiger charge is 2.41. The SMILES string of the molecule is CC1(C)c2cc(N3CCOCC3)c(C3CC3)cc2C(=O)c2c1[nH]c1cc(C#N)ccc21. The van der Waals surface area contributed by atoms with Crippen LogP contribution in [0.25, 0.3) is 10.9 Å². The first kappa shape index (κ1) is 18.7. The lowest BCUT2D eigenvalue weighted by molar-refractivity contribution is 0.103. The molecule has 156 valence electrons. The minimum Gasteiger partial charge on any atom is -0.378 e. The lowest BCUT2D eigenvalue weighted by atomic mass is 9.70. The van der Waals surface area contributed by atoms with Gasteiger partial charge in [0, 0.05) is 46.4 Å². The van der Waals surface area contributed by atoms with Crippen LogP contribution in [0.4, 0.5) is 5.69 Å². The molecule has 2 heterocycles. The van der Waals surface area contributed by atoms with Crippen LogP contribution in [-0.4, -0.2) is 37.1 Å². The van der Waals surface area contributed by atoms with E-state index in [-0.39, 0.29) is 11.2 Å². The lowest BCUT2D eigenvalue weighted by Crippen LogP contribution is -2.38. The number of aromatic amines is 1. The van der Waals surface area contributed by atoms with E-state index < -0.39 is 0 Å². The molecule has 3 aromatic rings. The summed E-state index contributed by atoms with van der Waals surface area (Å²) in [5.41, 5.74) is 7.34. The maximum absolute atomic E-state index is 13.8. The number of morpholine rings is 1. The van der Waals surface area contributed by atoms with Gasteiger partial charge in [-0.15, -0.1) is 0 Å². The Balaban J connectivity index is 1.58. The molecule has 1 aromatic heterocycles. The molecule has 0 spiro atoms. The van der Waals surface area contributed by atoms with E-state index in [1.165, 1.54) is 24.1 Å². The average molecular weight is 412 g/mol. The number of nitrogens with one attached hydrogen (secondary N) is 1. The van der Waals surface area contributed by atoms with Gasteiger partial charge in [-0.2, -0.15) is 5.26 Å². The van der Waals surface area contributed by atoms with Crippen molar-refractivity contribution in [3.8, 4) is 6.07 Å². The average Bonchev–Trinajstić information content (AvgIpc) is 3.56. The summed E-state index contributed by atoms with van der Waals surface area (Å²) >= 11 is 0. The number of hydrogen-bond acceptors (Lipinski definition) is 4. The summed E-state index contributed by atoms with van der Waals surface area (Å²) in [6.45, 7) is 7.66. The molecule has 1 saturated heterocycles. The molecule has 31 heavy (non-hydrogen) atoms. The summed E-state index contributed by atoms with van der Waals surface area (Å²) in [6, 6.07) is 12.2. The first-order valence-electron chi connectivity index (χ1n) is 11.1. The number of carbonyl (C=O) groups excluding carboxylic acids is 1. The maximum Gasteiger partial charge on any atom is 0.195 e. The number of H-pyrrole nitrogens is 1. The summed E-state index contributed by atoms with van der Waals surface area (Å²) in [4.78, 5) is 19.7. The fourth-order valence-electron chi connectivity index (χ4n) is 5.35. The third kappa shape index (κ3) is 2.68. The number of rotatable bonds is 2. The van der Waals surface area contributed by atoms with Crippen molar-refractivity contribution >= 4 is 22.4 Å². The van der Waals surface area contributed by atoms with Crippen molar-refractivity contribution in [1.29, 1.82) is 5.26 Å². The Morgan fingerprint density at radius 1 is 1.16 bits per heavy atom. The molecule has 2 fully saturated rings. The molecule has 0 bridgehead atoms. The molecule has 2 aromatic carbocycles. The van der Waals surface area contributed by atoms with Crippen LogP contribution >= 0.6 is 0 Å². The van der Waals surface area contributed by atoms with Gasteiger partial charge in [0.15, 0.2) is 5.78 Å². The molecular formula is C26H25N3O2. The van der Waals surface area contributed by atoms with E-state index in [4.69, 9.17) is 4.74 Å². The standard InChI is InChI=1S/C26H25N3O2/c1-26(2)20-13-22(29-7-9-31-10-8-29)18(16-4-5-16)12-19(20)24(30)23-17-6-3-15(14-27)11-21(17)28-25(23)26/h3,6,11-13,16,28H,4-5,7-10H2,1-2H3. The molecule has 2 aliphatic carbocycles. The fraction of sp³-hybridized carbons (Fsp3) is 0.385. The number of fused-ring (bicyclic) bond motifs is 4. The Labute approximate surface area is 181 Å². The van der Waals surface area contributed by atoms with E-state index in [0.717, 1.165) is 59.6 Å². The Kier molecular flexibility index (Phi) is 3.88. The van der Waals surface area contributed by atoms with E-state index in [2.05, 4.69) is 41.9 Å². The molecule has 1 saturated carbocycles. The van der Waals surface area contributed by atoms with Crippen molar-refractivity contribution in [2.75, 3.05) is 31.2 Å². The van der Waals surface area contributed by atoms with Crippen LogP contribution in [0.2, 0.25) is 0 Å². The lowest BCUT2D eigenvalue weighted by Gasteiger charge is -2.36. The van der Waals surface area contributed by atoms with Gasteiger partial charge in [0.25, 0.3) is 0 Å². The molecule has 5 heteroatoms. The number of nitrogens with zero attached hydrogens (tertiary/aromatic N) is 2. The first-order chi connectivity index (χ1) is 15.0. The van der Waals surface area contributed by atoms with Gasteiger partial charge in [0.1, 0.15) is 0 Å². The first-order valence-corrected chi connectivity index (χ1v) is 11.1. The number of carbonyl (C=O) groups is 1. The Morgan fingerprint density at radius 2 is 1.94 bits per heavy atom. The quantitative estimate of drug-likeness (QED) is 0.668. The van der Waals surface area contributed by atoms with E-state index in [1.54, 1.807) is 6.07 Å². The summed E-state index contributed by atoms with van der Waals surface area (Å²) < 4.78 is 5.58. The van der Waals surface area contributed by atoms with E-state index in [9.17, 15) is 10.1 Å². The van der Waals surface area contributed by atoms with Crippen LogP contribution < -0.4 is 4.90 Å². The molecule has 0 unspecified atom stereocenters. The Morgan fingerprint density at radius 3 is 2.65 bits per heavy atom. The molecule has 1 aliphatic heterocycles. The zero-order chi connectivity index (χ0) is 21.3. The number of hydrogen-bond donors (Lipinski definition) is 1. The highest BCUT2D eigenvalue weighted by molar-refractivity contribution is 6.20. The summed E-state index contributed by atoms with van der Waals surface area (Å²) in [6.07, 6.45) is 2.39. The van der Waals surface area contributed by atoms with Gasteiger partial charge in [0.2, 0.25) is 0 Å². The van der Waals surface area contributed by atoms with Crippen molar-refractivity contribution in [3.05, 3.63) is 63.8 Å². The number of ketones is 1. The molecule has 0 amide bonds. The predicted octanol–water partition coefficient (Wildman–Crippen LogP) is 4.62. The van der Waals surface area contributed by atoms with Crippen LogP contribution in [0.5, 0.6) is 0 Å². The third-order valence-electron chi connectivity index (χ3n) is 7.23. The highest BCUT2D eigenvalue weighted by atomic mass is 16.5. The monoisotopic (exact) mass is 411 g/mol. The van der Waals surface area contributed by atoms with Gasteiger partial charge in [0.05, 0.1) is 30.4 Å². The molecule has 3 aliphatic rings. The van der Waals surface area contributed by atoms with Gasteiger partial charge in [-0.05, 0) is 54.2 Å². The summed E-state index contributed by atoms with van der Waals surface area (Å²) in [5.74, 6) is 0.650. The van der Waals surface area contributed by atoms with Gasteiger partial charge < -0.3 is 14.6 Å². The van der Waals surface area contributed by atoms with Gasteiger partial charge in [-0.3, -0.25) is 4.79 Å². The largest absolute Gasteiger partial charge is 0.378 e. The van der Waals surface area contributed by atoms with Crippen LogP contribution in [0.1, 0.15) is 70.9 Å². The van der Waals surface area contributed by atoms with Gasteiger partial charge in [-0.25, -0.2) is 0 Å². The van der Waals surface area contributed by atoms with Crippen LogP contribution in [0.3, 0.4) is 0 Å². The molecule has 6 rings (SSSR count). The Bertz CT molecular complexity index is 1280. The minimum atomic E-state index is -0.340. The molecule has 5 nitrogen and oxygen atoms in total. The predicted molar refractivity (Wildman–Crippen MR) is 120 cm³/mol. The smallest absolute Gasteiger partial charge is 0.195 e. The number of benzene rings is 2. The molecule has 0 atom stereocenters. The fourth-order valence-corrected chi connectivity index (χ4v) is 5.35. The third-order valence-corrected chi connectivity index (χ3v) is 7.23. The topological polar surface area (TPSA) is 69.1 Å². The van der Waals surface area contributed by atoms with E-state index in [0.29, 0.717) is 11.5 Å². The van der Waals surface area contributed by atoms with Crippen molar-refractivity contribution in [1.82, 2.24) is 4.98 Å². The van der Waals surface area contributed by atoms with E-state index in [1.807, 2.05) is 12.1 Å². The molecular weight excluding hydrogens is 386 g/mol. The summed E-state index contributed by atoms with van der Waals surface area (Å²) in [7, 11) is 0. The van der Waals surface area contributed by atoms with Crippen LogP contribution in [-0.2, 0) is 10.2 Å². The van der Waals surface area contributed by atoms with Gasteiger partial charge >= 0.3 is 0 Å². The van der Waals surface area contributed by atoms with Crippen molar-refractivity contribution in [2.45, 2.75) is 38.0 Å². The molecule has 0 radical (unpaired) electrons. The van der Waals surface area contributed by atoms with Crippen LogP contribution in [0, 0.1) is 11.3 Å². The number of nitriles is 1. The zero-order valence-corrected chi connectivity index (χ0v) is 17.9. The molecule has 1 N–H and O–H groups in total. The number of anilines is 1. The minimum absolute atomic E-state index is 0.0933. The zero-order valence-electron chi connectivity index (χ0n) is 17.9. The van der Waals surface area contributed by atoms with Crippen molar-refractivity contribution in [2.24, 2.45) is 0 Å².